The molecule has 0 saturated heterocycles. The standard InChI is InChI=1S/C11H18N2O/c1-2-4-14-5-3-9-6-10(12)8-11(13)7-9/h6-8H,2-5,12-13H2,1H3. The molecule has 0 aromatic heterocycles. The normalized spacial score (nSPS) is 10.4. The highest BCUT2D eigenvalue weighted by atomic mass is 16.5. The predicted octanol–water partition coefficient (Wildman–Crippen LogP) is 1.82. The van der Waals surface area contributed by atoms with Crippen LogP contribution in [0.3, 0.4) is 0 Å². The van der Waals surface area contributed by atoms with Gasteiger partial charge in [-0.3, -0.25) is 0 Å². The van der Waals surface area contributed by atoms with Crippen molar-refractivity contribution in [1.29, 1.82) is 0 Å². The van der Waals surface area contributed by atoms with Crippen LogP contribution < -0.4 is 11.5 Å². The molecule has 0 aliphatic heterocycles. The zero-order valence-electron chi connectivity index (χ0n) is 8.62. The SMILES string of the molecule is CCCOCCc1cc(N)cc(N)c1. The molecule has 4 N–H and O–H groups in total. The van der Waals surface area contributed by atoms with Crippen molar-refractivity contribution in [3.63, 3.8) is 0 Å². The molecule has 1 rings (SSSR count). The molecule has 0 amide bonds. The van der Waals surface area contributed by atoms with Crippen molar-refractivity contribution in [3.8, 4) is 0 Å². The highest BCUT2D eigenvalue weighted by Gasteiger charge is 1.96. The quantitative estimate of drug-likeness (QED) is 0.555. The van der Waals surface area contributed by atoms with Crippen molar-refractivity contribution in [2.75, 3.05) is 24.7 Å². The third-order valence-corrected chi connectivity index (χ3v) is 1.92. The van der Waals surface area contributed by atoms with Gasteiger partial charge in [0.2, 0.25) is 0 Å². The fraction of sp³-hybridized carbons (Fsp3) is 0.455. The molecule has 3 heteroatoms. The van der Waals surface area contributed by atoms with Gasteiger partial charge in [-0.1, -0.05) is 6.92 Å². The molecule has 0 aliphatic rings. The van der Waals surface area contributed by atoms with Crippen LogP contribution in [0.5, 0.6) is 0 Å². The zero-order chi connectivity index (χ0) is 10.4. The second-order valence-electron chi connectivity index (χ2n) is 3.37. The van der Waals surface area contributed by atoms with Gasteiger partial charge >= 0.3 is 0 Å². The Labute approximate surface area is 85.0 Å². The molecule has 78 valence electrons. The van der Waals surface area contributed by atoms with E-state index in [0.717, 1.165) is 43.0 Å². The van der Waals surface area contributed by atoms with E-state index in [9.17, 15) is 0 Å². The first-order chi connectivity index (χ1) is 6.72. The van der Waals surface area contributed by atoms with Gasteiger partial charge in [0.05, 0.1) is 6.61 Å². The van der Waals surface area contributed by atoms with Crippen molar-refractivity contribution in [1.82, 2.24) is 0 Å². The molecule has 0 saturated carbocycles. The van der Waals surface area contributed by atoms with Gasteiger partial charge in [0.1, 0.15) is 0 Å². The highest BCUT2D eigenvalue weighted by molar-refractivity contribution is 5.54. The Morgan fingerprint density at radius 1 is 1.07 bits per heavy atom. The Kier molecular flexibility index (Phi) is 4.26. The van der Waals surface area contributed by atoms with E-state index >= 15 is 0 Å². The Bertz CT molecular complexity index is 266. The van der Waals surface area contributed by atoms with E-state index < -0.39 is 0 Å². The number of nitrogens with two attached hydrogens (primary N) is 2. The van der Waals surface area contributed by atoms with Gasteiger partial charge in [0, 0.05) is 18.0 Å². The van der Waals surface area contributed by atoms with E-state index in [1.165, 1.54) is 0 Å². The molecule has 1 aromatic carbocycles. The minimum atomic E-state index is 0.718. The monoisotopic (exact) mass is 194 g/mol. The number of hydrogen-bond donors (Lipinski definition) is 2. The predicted molar refractivity (Wildman–Crippen MR) is 60.1 cm³/mol. The summed E-state index contributed by atoms with van der Waals surface area (Å²) in [4.78, 5) is 0. The summed E-state index contributed by atoms with van der Waals surface area (Å²) in [7, 11) is 0. The Morgan fingerprint density at radius 3 is 2.29 bits per heavy atom. The molecule has 0 atom stereocenters. The summed E-state index contributed by atoms with van der Waals surface area (Å²) in [6.07, 6.45) is 1.92. The molecular formula is C11H18N2O. The summed E-state index contributed by atoms with van der Waals surface area (Å²) in [5.74, 6) is 0. The number of benzene rings is 1. The molecule has 14 heavy (non-hydrogen) atoms. The minimum absolute atomic E-state index is 0.718. The van der Waals surface area contributed by atoms with Crippen molar-refractivity contribution in [2.45, 2.75) is 19.8 Å². The first kappa shape index (κ1) is 10.9. The third-order valence-electron chi connectivity index (χ3n) is 1.92. The maximum Gasteiger partial charge on any atom is 0.0506 e. The molecule has 0 heterocycles. The molecule has 0 unspecified atom stereocenters. The molecular weight excluding hydrogens is 176 g/mol. The molecule has 1 aromatic rings. The lowest BCUT2D eigenvalue weighted by Crippen LogP contribution is -2.01. The average molecular weight is 194 g/mol. The van der Waals surface area contributed by atoms with Crippen LogP contribution in [-0.4, -0.2) is 13.2 Å². The van der Waals surface area contributed by atoms with Crippen LogP contribution in [0.4, 0.5) is 11.4 Å². The van der Waals surface area contributed by atoms with E-state index in [-0.39, 0.29) is 0 Å². The second-order valence-corrected chi connectivity index (χ2v) is 3.37. The lowest BCUT2D eigenvalue weighted by Gasteiger charge is -2.05. The fourth-order valence-electron chi connectivity index (χ4n) is 1.33. The van der Waals surface area contributed by atoms with Crippen LogP contribution in [0.1, 0.15) is 18.9 Å². The Balaban J connectivity index is 2.42. The maximum absolute atomic E-state index is 5.67. The van der Waals surface area contributed by atoms with Crippen molar-refractivity contribution < 1.29 is 4.74 Å². The van der Waals surface area contributed by atoms with Gasteiger partial charge in [-0.2, -0.15) is 0 Å². The minimum Gasteiger partial charge on any atom is -0.399 e. The van der Waals surface area contributed by atoms with E-state index in [4.69, 9.17) is 16.2 Å². The summed E-state index contributed by atoms with van der Waals surface area (Å²) in [5.41, 5.74) is 13.9. The van der Waals surface area contributed by atoms with Crippen molar-refractivity contribution >= 4 is 11.4 Å². The Hall–Kier alpha value is -1.22. The molecule has 3 nitrogen and oxygen atoms in total. The number of rotatable bonds is 5. The van der Waals surface area contributed by atoms with Gasteiger partial charge in [-0.25, -0.2) is 0 Å². The van der Waals surface area contributed by atoms with Crippen molar-refractivity contribution in [2.24, 2.45) is 0 Å². The molecule has 0 spiro atoms. The summed E-state index contributed by atoms with van der Waals surface area (Å²) < 4.78 is 5.38. The third kappa shape index (κ3) is 3.66. The fourth-order valence-corrected chi connectivity index (χ4v) is 1.33. The van der Waals surface area contributed by atoms with Crippen LogP contribution in [0.15, 0.2) is 18.2 Å². The number of ether oxygens (including phenoxy) is 1. The first-order valence-corrected chi connectivity index (χ1v) is 4.95. The smallest absolute Gasteiger partial charge is 0.0506 e. The topological polar surface area (TPSA) is 61.3 Å². The lowest BCUT2D eigenvalue weighted by molar-refractivity contribution is 0.138. The molecule has 0 fully saturated rings. The van der Waals surface area contributed by atoms with Crippen LogP contribution in [-0.2, 0) is 11.2 Å². The van der Waals surface area contributed by atoms with E-state index in [1.54, 1.807) is 6.07 Å². The van der Waals surface area contributed by atoms with Crippen LogP contribution in [0.2, 0.25) is 0 Å². The molecule has 0 bridgehead atoms. The number of anilines is 2. The summed E-state index contributed by atoms with van der Waals surface area (Å²) in [6, 6.07) is 5.63. The Morgan fingerprint density at radius 2 is 1.71 bits per heavy atom. The number of nitrogen functional groups attached to an aromatic ring is 2. The second kappa shape index (κ2) is 5.50. The first-order valence-electron chi connectivity index (χ1n) is 4.95. The van der Waals surface area contributed by atoms with Gasteiger partial charge < -0.3 is 16.2 Å². The zero-order valence-corrected chi connectivity index (χ0v) is 8.62. The van der Waals surface area contributed by atoms with E-state index in [0.29, 0.717) is 0 Å². The van der Waals surface area contributed by atoms with Gasteiger partial charge in [0.25, 0.3) is 0 Å². The van der Waals surface area contributed by atoms with Gasteiger partial charge in [-0.15, -0.1) is 0 Å². The highest BCUT2D eigenvalue weighted by Crippen LogP contribution is 2.13. The molecule has 0 aliphatic carbocycles. The van der Waals surface area contributed by atoms with Gasteiger partial charge in [-0.05, 0) is 36.6 Å². The summed E-state index contributed by atoms with van der Waals surface area (Å²) >= 11 is 0. The van der Waals surface area contributed by atoms with Gasteiger partial charge in [0.15, 0.2) is 0 Å². The van der Waals surface area contributed by atoms with E-state index in [2.05, 4.69) is 6.92 Å². The maximum atomic E-state index is 5.67. The van der Waals surface area contributed by atoms with Crippen molar-refractivity contribution in [3.05, 3.63) is 23.8 Å². The van der Waals surface area contributed by atoms with Crippen LogP contribution in [0.25, 0.3) is 0 Å². The average Bonchev–Trinajstić information content (AvgIpc) is 2.11. The lowest BCUT2D eigenvalue weighted by atomic mass is 10.1. The van der Waals surface area contributed by atoms with Crippen LogP contribution >= 0.6 is 0 Å². The van der Waals surface area contributed by atoms with Crippen LogP contribution in [0, 0.1) is 0 Å². The molecule has 0 radical (unpaired) electrons. The summed E-state index contributed by atoms with van der Waals surface area (Å²) in [5, 5.41) is 0. The summed E-state index contributed by atoms with van der Waals surface area (Å²) in [6.45, 7) is 3.65. The van der Waals surface area contributed by atoms with E-state index in [1.807, 2.05) is 12.1 Å². The largest absolute Gasteiger partial charge is 0.399 e. The number of hydrogen-bond acceptors (Lipinski definition) is 3.